The number of imidazole rings is 1. The van der Waals surface area contributed by atoms with Crippen LogP contribution in [-0.4, -0.2) is 55.8 Å². The highest BCUT2D eigenvalue weighted by atomic mass is 19.1. The van der Waals surface area contributed by atoms with Crippen LogP contribution in [0.3, 0.4) is 0 Å². The Labute approximate surface area is 143 Å². The third-order valence-electron chi connectivity index (χ3n) is 4.26. The Kier molecular flexibility index (Phi) is 4.19. The molecule has 1 aliphatic rings. The van der Waals surface area contributed by atoms with Crippen LogP contribution in [0.2, 0.25) is 0 Å². The molecule has 4 rings (SSSR count). The smallest absolute Gasteiger partial charge is 0.277 e. The molecule has 0 aromatic carbocycles. The van der Waals surface area contributed by atoms with E-state index >= 15 is 0 Å². The minimum absolute atomic E-state index is 0.147. The Morgan fingerprint density at radius 3 is 3.04 bits per heavy atom. The van der Waals surface area contributed by atoms with Gasteiger partial charge in [0.25, 0.3) is 5.91 Å². The average Bonchev–Trinajstić information content (AvgIpc) is 3.17. The average molecular weight is 343 g/mol. The van der Waals surface area contributed by atoms with Gasteiger partial charge in [0.05, 0.1) is 12.6 Å². The number of pyridine rings is 1. The lowest BCUT2D eigenvalue weighted by molar-refractivity contribution is 0.0364. The van der Waals surface area contributed by atoms with E-state index in [1.54, 1.807) is 40.2 Å². The fourth-order valence-electron chi connectivity index (χ4n) is 3.06. The predicted molar refractivity (Wildman–Crippen MR) is 87.6 cm³/mol. The van der Waals surface area contributed by atoms with Gasteiger partial charge in [-0.2, -0.15) is 9.49 Å². The van der Waals surface area contributed by atoms with Crippen LogP contribution in [0.5, 0.6) is 0 Å². The molecule has 130 valence electrons. The number of nitrogens with zero attached hydrogens (tertiary/aromatic N) is 5. The van der Waals surface area contributed by atoms with Crippen LogP contribution in [0, 0.1) is 5.95 Å². The van der Waals surface area contributed by atoms with Crippen LogP contribution in [-0.2, 0) is 11.3 Å². The fraction of sp³-hybridized carbons (Fsp3) is 0.353. The third-order valence-corrected chi connectivity index (χ3v) is 4.26. The molecular weight excluding hydrogens is 325 g/mol. The summed E-state index contributed by atoms with van der Waals surface area (Å²) in [5.41, 5.74) is 0.272. The van der Waals surface area contributed by atoms with Gasteiger partial charge in [0.2, 0.25) is 5.95 Å². The van der Waals surface area contributed by atoms with E-state index in [2.05, 4.69) is 10.1 Å². The van der Waals surface area contributed by atoms with E-state index in [-0.39, 0.29) is 11.8 Å². The summed E-state index contributed by atoms with van der Waals surface area (Å²) < 4.78 is 23.4. The molecule has 3 aromatic rings. The first-order valence-electron chi connectivity index (χ1n) is 8.23. The van der Waals surface area contributed by atoms with Crippen molar-refractivity contribution in [1.29, 1.82) is 0 Å². The first kappa shape index (κ1) is 15.8. The summed E-state index contributed by atoms with van der Waals surface area (Å²) >= 11 is 0. The number of ether oxygens (including phenoxy) is 1. The maximum absolute atomic E-state index is 14.5. The van der Waals surface area contributed by atoms with Crippen molar-refractivity contribution in [3.8, 4) is 0 Å². The number of aromatic nitrogens is 4. The van der Waals surface area contributed by atoms with Crippen LogP contribution in [0.25, 0.3) is 5.65 Å². The van der Waals surface area contributed by atoms with Crippen molar-refractivity contribution < 1.29 is 13.9 Å². The number of halogens is 1. The van der Waals surface area contributed by atoms with Crippen LogP contribution >= 0.6 is 0 Å². The highest BCUT2D eigenvalue weighted by molar-refractivity contribution is 5.93. The molecule has 0 unspecified atom stereocenters. The normalized spacial score (nSPS) is 18.4. The summed E-state index contributed by atoms with van der Waals surface area (Å²) in [5.74, 6) is -1.04. The lowest BCUT2D eigenvalue weighted by Crippen LogP contribution is -2.39. The number of rotatable bonds is 3. The molecule has 7 nitrogen and oxygen atoms in total. The topological polar surface area (TPSA) is 64.7 Å². The van der Waals surface area contributed by atoms with Crippen molar-refractivity contribution in [3.63, 3.8) is 0 Å². The number of hydrogen-bond acceptors (Lipinski definition) is 4. The molecule has 8 heteroatoms. The molecule has 0 N–H and O–H groups in total. The summed E-state index contributed by atoms with van der Waals surface area (Å²) in [7, 11) is 0. The van der Waals surface area contributed by atoms with E-state index in [1.807, 2.05) is 12.3 Å². The molecule has 1 atom stereocenters. The minimum Gasteiger partial charge on any atom is -0.374 e. The van der Waals surface area contributed by atoms with Crippen LogP contribution in [0.1, 0.15) is 16.9 Å². The van der Waals surface area contributed by atoms with Crippen LogP contribution < -0.4 is 0 Å². The van der Waals surface area contributed by atoms with Gasteiger partial charge in [-0.05, 0) is 24.6 Å². The van der Waals surface area contributed by atoms with E-state index in [0.29, 0.717) is 38.3 Å². The van der Waals surface area contributed by atoms with E-state index in [9.17, 15) is 9.18 Å². The van der Waals surface area contributed by atoms with Crippen molar-refractivity contribution in [1.82, 2.24) is 24.1 Å². The van der Waals surface area contributed by atoms with Crippen molar-refractivity contribution >= 4 is 11.6 Å². The quantitative estimate of drug-likeness (QED) is 0.725. The number of hydrogen-bond donors (Lipinski definition) is 0. The van der Waals surface area contributed by atoms with E-state index in [1.165, 1.54) is 4.40 Å². The summed E-state index contributed by atoms with van der Waals surface area (Å²) in [6.45, 7) is 2.00. The lowest BCUT2D eigenvalue weighted by Gasteiger charge is -2.23. The lowest BCUT2D eigenvalue weighted by atomic mass is 10.3. The van der Waals surface area contributed by atoms with E-state index in [0.717, 1.165) is 0 Å². The van der Waals surface area contributed by atoms with Gasteiger partial charge in [-0.15, -0.1) is 0 Å². The molecule has 1 fully saturated rings. The Morgan fingerprint density at radius 1 is 1.32 bits per heavy atom. The zero-order chi connectivity index (χ0) is 17.2. The van der Waals surface area contributed by atoms with E-state index < -0.39 is 11.9 Å². The SMILES string of the molecule is O=C(c1nc2ccccn2c1F)N1CCCO[C@@H](Cn2cccn2)C1. The van der Waals surface area contributed by atoms with Gasteiger partial charge in [-0.1, -0.05) is 6.07 Å². The summed E-state index contributed by atoms with van der Waals surface area (Å²) in [5, 5.41) is 4.17. The van der Waals surface area contributed by atoms with E-state index in [4.69, 9.17) is 4.74 Å². The minimum atomic E-state index is -0.630. The summed E-state index contributed by atoms with van der Waals surface area (Å²) in [6.07, 6.45) is 5.62. The Bertz CT molecular complexity index is 876. The second-order valence-electron chi connectivity index (χ2n) is 6.01. The third kappa shape index (κ3) is 3.12. The predicted octanol–water partition coefficient (Wildman–Crippen LogP) is 1.60. The summed E-state index contributed by atoms with van der Waals surface area (Å²) in [4.78, 5) is 18.6. The molecule has 0 aliphatic carbocycles. The van der Waals surface area contributed by atoms with Gasteiger partial charge >= 0.3 is 0 Å². The molecule has 1 amide bonds. The zero-order valence-corrected chi connectivity index (χ0v) is 13.6. The number of amides is 1. The Hall–Kier alpha value is -2.74. The van der Waals surface area contributed by atoms with Gasteiger partial charge in [-0.25, -0.2) is 4.98 Å². The van der Waals surface area contributed by atoms with Crippen molar-refractivity contribution in [2.75, 3.05) is 19.7 Å². The molecule has 0 saturated carbocycles. The standard InChI is InChI=1S/C17H18FN5O2/c18-16-15(20-14-5-1-2-9-23(14)16)17(24)21-7-4-10-25-13(11-21)12-22-8-3-6-19-22/h1-3,5-6,8-9,13H,4,7,10-12H2/t13-/m1/s1. The monoisotopic (exact) mass is 343 g/mol. The van der Waals surface area contributed by atoms with Crippen LogP contribution in [0.4, 0.5) is 4.39 Å². The first-order chi connectivity index (χ1) is 12.2. The second kappa shape index (κ2) is 6.64. The van der Waals surface area contributed by atoms with Crippen molar-refractivity contribution in [2.45, 2.75) is 19.1 Å². The second-order valence-corrected chi connectivity index (χ2v) is 6.01. The molecule has 1 aliphatic heterocycles. The summed E-state index contributed by atoms with van der Waals surface area (Å²) in [6, 6.07) is 6.97. The van der Waals surface area contributed by atoms with Gasteiger partial charge in [0.1, 0.15) is 5.65 Å². The number of carbonyl (C=O) groups is 1. The fourth-order valence-corrected chi connectivity index (χ4v) is 3.06. The maximum Gasteiger partial charge on any atom is 0.277 e. The molecule has 0 spiro atoms. The highest BCUT2D eigenvalue weighted by Gasteiger charge is 2.28. The number of carbonyl (C=O) groups excluding carboxylic acids is 1. The maximum atomic E-state index is 14.5. The molecular formula is C17H18FN5O2. The number of fused-ring (bicyclic) bond motifs is 1. The first-order valence-corrected chi connectivity index (χ1v) is 8.23. The molecule has 0 bridgehead atoms. The van der Waals surface area contributed by atoms with Gasteiger partial charge in [0.15, 0.2) is 5.69 Å². The Morgan fingerprint density at radius 2 is 2.24 bits per heavy atom. The van der Waals surface area contributed by atoms with Crippen LogP contribution in [0.15, 0.2) is 42.9 Å². The van der Waals surface area contributed by atoms with Crippen molar-refractivity contribution in [3.05, 3.63) is 54.5 Å². The van der Waals surface area contributed by atoms with Gasteiger partial charge < -0.3 is 9.64 Å². The highest BCUT2D eigenvalue weighted by Crippen LogP contribution is 2.16. The molecule has 25 heavy (non-hydrogen) atoms. The zero-order valence-electron chi connectivity index (χ0n) is 13.6. The van der Waals surface area contributed by atoms with Crippen molar-refractivity contribution in [2.24, 2.45) is 0 Å². The molecule has 4 heterocycles. The molecule has 3 aromatic heterocycles. The molecule has 1 saturated heterocycles. The molecule has 0 radical (unpaired) electrons. The van der Waals surface area contributed by atoms with Gasteiger partial charge in [-0.3, -0.25) is 13.9 Å². The largest absolute Gasteiger partial charge is 0.374 e. The Balaban J connectivity index is 1.56. The van der Waals surface area contributed by atoms with Gasteiger partial charge in [0, 0.05) is 38.3 Å².